The van der Waals surface area contributed by atoms with Crippen molar-refractivity contribution in [3.63, 3.8) is 0 Å². The van der Waals surface area contributed by atoms with Gasteiger partial charge in [-0.1, -0.05) is 12.1 Å². The SMILES string of the molecule is COCCSCc1cccc(NC(=O)C(C)N)c1. The van der Waals surface area contributed by atoms with Crippen LogP contribution >= 0.6 is 11.8 Å². The number of rotatable bonds is 7. The van der Waals surface area contributed by atoms with E-state index in [0.717, 1.165) is 23.8 Å². The van der Waals surface area contributed by atoms with Gasteiger partial charge in [0.2, 0.25) is 5.91 Å². The van der Waals surface area contributed by atoms with Crippen molar-refractivity contribution < 1.29 is 9.53 Å². The van der Waals surface area contributed by atoms with Crippen molar-refractivity contribution in [2.45, 2.75) is 18.7 Å². The van der Waals surface area contributed by atoms with Crippen molar-refractivity contribution in [3.8, 4) is 0 Å². The van der Waals surface area contributed by atoms with E-state index >= 15 is 0 Å². The van der Waals surface area contributed by atoms with Gasteiger partial charge in [-0.3, -0.25) is 4.79 Å². The number of methoxy groups -OCH3 is 1. The maximum atomic E-state index is 11.5. The monoisotopic (exact) mass is 268 g/mol. The molecule has 1 unspecified atom stereocenters. The minimum Gasteiger partial charge on any atom is -0.384 e. The van der Waals surface area contributed by atoms with Crippen LogP contribution in [-0.2, 0) is 15.3 Å². The van der Waals surface area contributed by atoms with E-state index in [1.54, 1.807) is 25.8 Å². The molecule has 0 radical (unpaired) electrons. The molecule has 0 bridgehead atoms. The van der Waals surface area contributed by atoms with Crippen LogP contribution in [0, 0.1) is 0 Å². The summed E-state index contributed by atoms with van der Waals surface area (Å²) >= 11 is 1.80. The molecule has 0 aliphatic rings. The molecule has 0 saturated carbocycles. The van der Waals surface area contributed by atoms with Crippen LogP contribution in [0.4, 0.5) is 5.69 Å². The highest BCUT2D eigenvalue weighted by atomic mass is 32.2. The number of hydrogen-bond acceptors (Lipinski definition) is 4. The van der Waals surface area contributed by atoms with Gasteiger partial charge in [0.05, 0.1) is 12.6 Å². The Morgan fingerprint density at radius 2 is 2.33 bits per heavy atom. The molecule has 0 spiro atoms. The molecule has 0 fully saturated rings. The standard InChI is InChI=1S/C13H20N2O2S/c1-10(14)13(16)15-12-5-3-4-11(8-12)9-18-7-6-17-2/h3-5,8,10H,6-7,9,14H2,1-2H3,(H,15,16). The van der Waals surface area contributed by atoms with Gasteiger partial charge in [-0.15, -0.1) is 0 Å². The Morgan fingerprint density at radius 1 is 1.56 bits per heavy atom. The number of ether oxygens (including phenoxy) is 1. The lowest BCUT2D eigenvalue weighted by molar-refractivity contribution is -0.117. The quantitative estimate of drug-likeness (QED) is 0.741. The van der Waals surface area contributed by atoms with E-state index in [2.05, 4.69) is 5.32 Å². The summed E-state index contributed by atoms with van der Waals surface area (Å²) in [6.45, 7) is 2.42. The van der Waals surface area contributed by atoms with E-state index in [9.17, 15) is 4.79 Å². The Bertz CT molecular complexity index is 383. The fourth-order valence-corrected chi connectivity index (χ4v) is 2.17. The first-order valence-corrected chi connectivity index (χ1v) is 7.01. The predicted molar refractivity (Wildman–Crippen MR) is 76.8 cm³/mol. The van der Waals surface area contributed by atoms with Gasteiger partial charge in [0.15, 0.2) is 0 Å². The molecular weight excluding hydrogens is 248 g/mol. The predicted octanol–water partition coefficient (Wildman–Crippen LogP) is 1.85. The highest BCUT2D eigenvalue weighted by Crippen LogP contribution is 2.16. The highest BCUT2D eigenvalue weighted by Gasteiger charge is 2.07. The van der Waals surface area contributed by atoms with E-state index < -0.39 is 6.04 Å². The van der Waals surface area contributed by atoms with Crippen molar-refractivity contribution in [1.29, 1.82) is 0 Å². The topological polar surface area (TPSA) is 64.3 Å². The summed E-state index contributed by atoms with van der Waals surface area (Å²) in [7, 11) is 1.70. The Kier molecular flexibility index (Phi) is 6.78. The van der Waals surface area contributed by atoms with Crippen molar-refractivity contribution in [3.05, 3.63) is 29.8 Å². The average Bonchev–Trinajstić information content (AvgIpc) is 2.35. The number of carbonyl (C=O) groups excluding carboxylic acids is 1. The average molecular weight is 268 g/mol. The van der Waals surface area contributed by atoms with Crippen LogP contribution < -0.4 is 11.1 Å². The Hall–Kier alpha value is -1.04. The zero-order chi connectivity index (χ0) is 13.4. The second-order valence-corrected chi connectivity index (χ2v) is 5.13. The number of nitrogens with one attached hydrogen (secondary N) is 1. The summed E-state index contributed by atoms with van der Waals surface area (Å²) in [5, 5.41) is 2.79. The molecule has 1 aromatic carbocycles. The van der Waals surface area contributed by atoms with E-state index in [0.29, 0.717) is 0 Å². The molecule has 0 aromatic heterocycles. The molecule has 0 heterocycles. The number of carbonyl (C=O) groups is 1. The molecule has 1 rings (SSSR count). The van der Waals surface area contributed by atoms with Crippen LogP contribution in [0.15, 0.2) is 24.3 Å². The largest absolute Gasteiger partial charge is 0.384 e. The van der Waals surface area contributed by atoms with Crippen LogP contribution in [0.1, 0.15) is 12.5 Å². The third kappa shape index (κ3) is 5.53. The number of nitrogens with two attached hydrogens (primary N) is 1. The van der Waals surface area contributed by atoms with Crippen molar-refractivity contribution in [2.24, 2.45) is 5.73 Å². The molecule has 3 N–H and O–H groups in total. The highest BCUT2D eigenvalue weighted by molar-refractivity contribution is 7.98. The van der Waals surface area contributed by atoms with Crippen LogP contribution in [0.2, 0.25) is 0 Å². The second-order valence-electron chi connectivity index (χ2n) is 4.02. The molecule has 0 aliphatic carbocycles. The second kappa shape index (κ2) is 8.13. The smallest absolute Gasteiger partial charge is 0.240 e. The van der Waals surface area contributed by atoms with Crippen molar-refractivity contribution >= 4 is 23.4 Å². The molecule has 1 atom stereocenters. The lowest BCUT2D eigenvalue weighted by Gasteiger charge is -2.09. The van der Waals surface area contributed by atoms with Crippen molar-refractivity contribution in [2.75, 3.05) is 24.8 Å². The molecule has 1 amide bonds. The fourth-order valence-electron chi connectivity index (χ4n) is 1.33. The van der Waals surface area contributed by atoms with Crippen LogP contribution in [0.5, 0.6) is 0 Å². The number of benzene rings is 1. The fraction of sp³-hybridized carbons (Fsp3) is 0.462. The first-order chi connectivity index (χ1) is 8.63. The summed E-state index contributed by atoms with van der Waals surface area (Å²) in [4.78, 5) is 11.5. The summed E-state index contributed by atoms with van der Waals surface area (Å²) < 4.78 is 4.99. The lowest BCUT2D eigenvalue weighted by Crippen LogP contribution is -2.32. The van der Waals surface area contributed by atoms with E-state index in [1.165, 1.54) is 5.56 Å². The van der Waals surface area contributed by atoms with Gasteiger partial charge in [0.25, 0.3) is 0 Å². The zero-order valence-electron chi connectivity index (χ0n) is 10.8. The molecule has 0 aliphatic heterocycles. The first-order valence-electron chi connectivity index (χ1n) is 5.85. The Morgan fingerprint density at radius 3 is 3.00 bits per heavy atom. The minimum absolute atomic E-state index is 0.167. The number of thioether (sulfide) groups is 1. The van der Waals surface area contributed by atoms with Crippen LogP contribution in [0.25, 0.3) is 0 Å². The molecular formula is C13H20N2O2S. The Labute approximate surface area is 112 Å². The number of amides is 1. The maximum absolute atomic E-state index is 11.5. The maximum Gasteiger partial charge on any atom is 0.240 e. The summed E-state index contributed by atoms with van der Waals surface area (Å²) in [6, 6.07) is 7.32. The van der Waals surface area contributed by atoms with E-state index in [-0.39, 0.29) is 5.91 Å². The zero-order valence-corrected chi connectivity index (χ0v) is 11.6. The van der Waals surface area contributed by atoms with E-state index in [4.69, 9.17) is 10.5 Å². The van der Waals surface area contributed by atoms with Gasteiger partial charge in [0.1, 0.15) is 0 Å². The normalized spacial score (nSPS) is 12.2. The van der Waals surface area contributed by atoms with Gasteiger partial charge in [0, 0.05) is 24.3 Å². The third-order valence-corrected chi connectivity index (χ3v) is 3.30. The molecule has 5 heteroatoms. The lowest BCUT2D eigenvalue weighted by atomic mass is 10.2. The summed E-state index contributed by atoms with van der Waals surface area (Å²) in [5.41, 5.74) is 7.48. The van der Waals surface area contributed by atoms with Gasteiger partial charge in [-0.2, -0.15) is 11.8 Å². The molecule has 0 saturated heterocycles. The van der Waals surface area contributed by atoms with Gasteiger partial charge < -0.3 is 15.8 Å². The number of anilines is 1. The number of hydrogen-bond donors (Lipinski definition) is 2. The van der Waals surface area contributed by atoms with Crippen LogP contribution in [0.3, 0.4) is 0 Å². The van der Waals surface area contributed by atoms with Gasteiger partial charge in [-0.05, 0) is 24.6 Å². The Balaban J connectivity index is 2.49. The summed E-state index contributed by atoms with van der Waals surface area (Å²) in [6.07, 6.45) is 0. The minimum atomic E-state index is -0.496. The van der Waals surface area contributed by atoms with E-state index in [1.807, 2.05) is 24.3 Å². The molecule has 1 aromatic rings. The molecule has 4 nitrogen and oxygen atoms in total. The molecule has 100 valence electrons. The van der Waals surface area contributed by atoms with Gasteiger partial charge in [-0.25, -0.2) is 0 Å². The van der Waals surface area contributed by atoms with Crippen molar-refractivity contribution in [1.82, 2.24) is 0 Å². The van der Waals surface area contributed by atoms with Crippen LogP contribution in [-0.4, -0.2) is 31.4 Å². The summed E-state index contributed by atoms with van der Waals surface area (Å²) in [5.74, 6) is 1.71. The first kappa shape index (κ1) is 15.0. The third-order valence-electron chi connectivity index (χ3n) is 2.31. The molecule has 18 heavy (non-hydrogen) atoms. The van der Waals surface area contributed by atoms with Gasteiger partial charge >= 0.3 is 0 Å².